The molecule has 0 bridgehead atoms. The Morgan fingerprint density at radius 3 is 2.83 bits per heavy atom. The second-order valence-corrected chi connectivity index (χ2v) is 7.63. The molecule has 0 aliphatic carbocycles. The highest BCUT2D eigenvalue weighted by Crippen LogP contribution is 2.38. The standard InChI is InChI=1S/C17H22N4O2S/c1-13-20-14(11-24-13)9-22-16-6-17(23-10-16)2-4-21(5-3-17)15-7-18-12-19-8-15/h7-8,11-12,16H,2-6,9-10H2,1H3/t16-/m0/s1. The van der Waals surface area contributed by atoms with Crippen molar-refractivity contribution in [2.45, 2.75) is 44.5 Å². The minimum atomic E-state index is -0.0191. The number of ether oxygens (including phenoxy) is 2. The summed E-state index contributed by atoms with van der Waals surface area (Å²) in [7, 11) is 0. The molecule has 2 saturated heterocycles. The molecule has 2 aromatic heterocycles. The molecule has 0 saturated carbocycles. The summed E-state index contributed by atoms with van der Waals surface area (Å²) in [5.74, 6) is 0. The molecule has 0 unspecified atom stereocenters. The predicted molar refractivity (Wildman–Crippen MR) is 92.2 cm³/mol. The van der Waals surface area contributed by atoms with E-state index < -0.39 is 0 Å². The molecule has 4 rings (SSSR count). The summed E-state index contributed by atoms with van der Waals surface area (Å²) in [5, 5.41) is 3.16. The molecule has 0 amide bonds. The van der Waals surface area contributed by atoms with Gasteiger partial charge in [0.25, 0.3) is 0 Å². The third-order valence-electron chi connectivity index (χ3n) is 4.90. The lowest BCUT2D eigenvalue weighted by Gasteiger charge is -2.39. The molecule has 0 radical (unpaired) electrons. The lowest BCUT2D eigenvalue weighted by atomic mass is 9.88. The van der Waals surface area contributed by atoms with Crippen LogP contribution in [-0.2, 0) is 16.1 Å². The molecule has 7 heteroatoms. The molecule has 2 fully saturated rings. The smallest absolute Gasteiger partial charge is 0.115 e. The first-order valence-corrected chi connectivity index (χ1v) is 9.27. The quantitative estimate of drug-likeness (QED) is 0.848. The van der Waals surface area contributed by atoms with Gasteiger partial charge in [-0.25, -0.2) is 15.0 Å². The van der Waals surface area contributed by atoms with Crippen LogP contribution in [0.1, 0.15) is 30.0 Å². The SMILES string of the molecule is Cc1nc(CO[C@@H]2COC3(CCN(c4cncnc4)CC3)C2)cs1. The maximum Gasteiger partial charge on any atom is 0.115 e. The summed E-state index contributed by atoms with van der Waals surface area (Å²) in [6, 6.07) is 0. The first-order valence-electron chi connectivity index (χ1n) is 8.39. The van der Waals surface area contributed by atoms with Gasteiger partial charge in [0.15, 0.2) is 0 Å². The molecule has 2 aliphatic rings. The van der Waals surface area contributed by atoms with Crippen LogP contribution in [0.2, 0.25) is 0 Å². The Morgan fingerprint density at radius 2 is 2.12 bits per heavy atom. The van der Waals surface area contributed by atoms with Crippen molar-refractivity contribution < 1.29 is 9.47 Å². The van der Waals surface area contributed by atoms with Crippen molar-refractivity contribution in [2.24, 2.45) is 0 Å². The third kappa shape index (κ3) is 3.43. The number of rotatable bonds is 4. The Hall–Kier alpha value is -1.57. The van der Waals surface area contributed by atoms with Crippen molar-refractivity contribution in [3.8, 4) is 0 Å². The molecule has 6 nitrogen and oxygen atoms in total. The minimum absolute atomic E-state index is 0.0191. The van der Waals surface area contributed by atoms with E-state index in [4.69, 9.17) is 9.47 Å². The molecule has 4 heterocycles. The van der Waals surface area contributed by atoms with E-state index >= 15 is 0 Å². The lowest BCUT2D eigenvalue weighted by Crippen LogP contribution is -2.44. The van der Waals surface area contributed by atoms with Gasteiger partial charge in [-0.15, -0.1) is 11.3 Å². The number of hydrogen-bond acceptors (Lipinski definition) is 7. The van der Waals surface area contributed by atoms with Crippen molar-refractivity contribution in [3.63, 3.8) is 0 Å². The van der Waals surface area contributed by atoms with Gasteiger partial charge in [0.05, 0.1) is 53.7 Å². The normalized spacial score (nSPS) is 23.0. The molecular weight excluding hydrogens is 324 g/mol. The van der Waals surface area contributed by atoms with Crippen molar-refractivity contribution >= 4 is 17.0 Å². The number of aromatic nitrogens is 3. The fourth-order valence-electron chi connectivity index (χ4n) is 3.56. The molecule has 2 aliphatic heterocycles. The zero-order valence-electron chi connectivity index (χ0n) is 13.9. The summed E-state index contributed by atoms with van der Waals surface area (Å²) in [6.45, 7) is 5.25. The summed E-state index contributed by atoms with van der Waals surface area (Å²) in [5.41, 5.74) is 2.10. The monoisotopic (exact) mass is 346 g/mol. The molecular formula is C17H22N4O2S. The highest BCUT2D eigenvalue weighted by molar-refractivity contribution is 7.09. The number of piperidine rings is 1. The number of hydrogen-bond donors (Lipinski definition) is 0. The van der Waals surface area contributed by atoms with E-state index in [-0.39, 0.29) is 11.7 Å². The van der Waals surface area contributed by atoms with E-state index in [2.05, 4.69) is 25.2 Å². The van der Waals surface area contributed by atoms with E-state index in [0.29, 0.717) is 13.2 Å². The lowest BCUT2D eigenvalue weighted by molar-refractivity contribution is -0.0205. The maximum atomic E-state index is 6.17. The van der Waals surface area contributed by atoms with Crippen molar-refractivity contribution in [1.82, 2.24) is 15.0 Å². The Morgan fingerprint density at radius 1 is 1.33 bits per heavy atom. The minimum Gasteiger partial charge on any atom is -0.372 e. The zero-order valence-corrected chi connectivity index (χ0v) is 14.7. The van der Waals surface area contributed by atoms with Crippen LogP contribution in [0.4, 0.5) is 5.69 Å². The summed E-state index contributed by atoms with van der Waals surface area (Å²) in [4.78, 5) is 15.0. The van der Waals surface area contributed by atoms with E-state index in [1.54, 1.807) is 17.7 Å². The summed E-state index contributed by atoms with van der Waals surface area (Å²) in [6.07, 6.45) is 8.54. The van der Waals surface area contributed by atoms with Crippen molar-refractivity contribution in [3.05, 3.63) is 34.8 Å². The Kier molecular flexibility index (Phi) is 4.47. The van der Waals surface area contributed by atoms with Crippen LogP contribution in [0.5, 0.6) is 0 Å². The first-order chi connectivity index (χ1) is 11.7. The molecule has 2 aromatic rings. The van der Waals surface area contributed by atoms with Crippen LogP contribution in [0.3, 0.4) is 0 Å². The number of nitrogens with zero attached hydrogens (tertiary/aromatic N) is 4. The molecule has 1 atom stereocenters. The fourth-order valence-corrected chi connectivity index (χ4v) is 4.16. The largest absolute Gasteiger partial charge is 0.372 e. The number of anilines is 1. The average molecular weight is 346 g/mol. The van der Waals surface area contributed by atoms with E-state index in [1.165, 1.54) is 0 Å². The Labute approximate surface area is 145 Å². The second kappa shape index (κ2) is 6.74. The summed E-state index contributed by atoms with van der Waals surface area (Å²) >= 11 is 1.67. The molecule has 128 valence electrons. The fraction of sp³-hybridized carbons (Fsp3) is 0.588. The zero-order chi connectivity index (χ0) is 16.4. The average Bonchev–Trinajstić information content (AvgIpc) is 3.21. The molecule has 24 heavy (non-hydrogen) atoms. The van der Waals surface area contributed by atoms with Gasteiger partial charge < -0.3 is 14.4 Å². The highest BCUT2D eigenvalue weighted by atomic mass is 32.1. The van der Waals surface area contributed by atoms with Crippen LogP contribution in [-0.4, -0.2) is 46.4 Å². The van der Waals surface area contributed by atoms with Crippen LogP contribution in [0.25, 0.3) is 0 Å². The van der Waals surface area contributed by atoms with E-state index in [0.717, 1.165) is 48.7 Å². The van der Waals surface area contributed by atoms with Gasteiger partial charge in [0.2, 0.25) is 0 Å². The van der Waals surface area contributed by atoms with Crippen LogP contribution >= 0.6 is 11.3 Å². The molecule has 0 aromatic carbocycles. The van der Waals surface area contributed by atoms with Gasteiger partial charge in [0, 0.05) is 24.9 Å². The third-order valence-corrected chi connectivity index (χ3v) is 5.72. The number of aryl methyl sites for hydroxylation is 1. The molecule has 0 N–H and O–H groups in total. The summed E-state index contributed by atoms with van der Waals surface area (Å²) < 4.78 is 12.2. The van der Waals surface area contributed by atoms with Crippen LogP contribution in [0, 0.1) is 6.92 Å². The van der Waals surface area contributed by atoms with Crippen LogP contribution < -0.4 is 4.90 Å². The van der Waals surface area contributed by atoms with Crippen LogP contribution in [0.15, 0.2) is 24.1 Å². The molecule has 1 spiro atoms. The maximum absolute atomic E-state index is 6.17. The predicted octanol–water partition coefficient (Wildman–Crippen LogP) is 2.59. The first kappa shape index (κ1) is 15.9. The van der Waals surface area contributed by atoms with Gasteiger partial charge in [-0.3, -0.25) is 0 Å². The van der Waals surface area contributed by atoms with Crippen molar-refractivity contribution in [2.75, 3.05) is 24.6 Å². The Bertz CT molecular complexity index is 670. The van der Waals surface area contributed by atoms with Gasteiger partial charge in [-0.1, -0.05) is 0 Å². The topological polar surface area (TPSA) is 60.4 Å². The highest BCUT2D eigenvalue weighted by Gasteiger charge is 2.43. The second-order valence-electron chi connectivity index (χ2n) is 6.57. The van der Waals surface area contributed by atoms with Crippen molar-refractivity contribution in [1.29, 1.82) is 0 Å². The van der Waals surface area contributed by atoms with Gasteiger partial charge in [-0.05, 0) is 19.8 Å². The number of thiazole rings is 1. The van der Waals surface area contributed by atoms with Gasteiger partial charge in [0.1, 0.15) is 6.33 Å². The van der Waals surface area contributed by atoms with Gasteiger partial charge in [-0.2, -0.15) is 0 Å². The Balaban J connectivity index is 1.29. The van der Waals surface area contributed by atoms with E-state index in [1.807, 2.05) is 19.3 Å². The van der Waals surface area contributed by atoms with E-state index in [9.17, 15) is 0 Å². The van der Waals surface area contributed by atoms with Gasteiger partial charge >= 0.3 is 0 Å².